The molecule has 9 heteroatoms. The Balaban J connectivity index is 1.70. The van der Waals surface area contributed by atoms with E-state index in [1.165, 1.54) is 23.9 Å². The molecule has 0 aliphatic heterocycles. The first-order chi connectivity index (χ1) is 13.0. The first kappa shape index (κ1) is 19.7. The average Bonchev–Trinajstić information content (AvgIpc) is 3.07. The Morgan fingerprint density at radius 3 is 2.63 bits per heavy atom. The lowest BCUT2D eigenvalue weighted by molar-refractivity contribution is -0.113. The molecule has 2 aromatic carbocycles. The van der Waals surface area contributed by atoms with Crippen molar-refractivity contribution >= 4 is 46.6 Å². The molecule has 27 heavy (non-hydrogen) atoms. The van der Waals surface area contributed by atoms with Crippen LogP contribution < -0.4 is 5.32 Å². The van der Waals surface area contributed by atoms with Gasteiger partial charge in [0.1, 0.15) is 5.82 Å². The van der Waals surface area contributed by atoms with Crippen LogP contribution in [-0.2, 0) is 11.3 Å². The van der Waals surface area contributed by atoms with Crippen molar-refractivity contribution in [3.63, 3.8) is 0 Å². The van der Waals surface area contributed by atoms with Gasteiger partial charge in [0.2, 0.25) is 5.91 Å². The monoisotopic (exact) mass is 424 g/mol. The van der Waals surface area contributed by atoms with E-state index in [1.54, 1.807) is 30.3 Å². The van der Waals surface area contributed by atoms with Crippen LogP contribution in [0.15, 0.2) is 47.6 Å². The van der Waals surface area contributed by atoms with Crippen molar-refractivity contribution in [2.75, 3.05) is 11.1 Å². The van der Waals surface area contributed by atoms with E-state index in [1.807, 2.05) is 11.5 Å². The number of nitrogens with zero attached hydrogens (tertiary/aromatic N) is 3. The van der Waals surface area contributed by atoms with Gasteiger partial charge in [-0.3, -0.25) is 4.79 Å². The third-order valence-electron chi connectivity index (χ3n) is 3.69. The number of carbonyl (C=O) groups excluding carboxylic acids is 1. The Kier molecular flexibility index (Phi) is 6.36. The standard InChI is InChI=1S/C18H15Cl2FN4OS/c1-2-25-17(11-6-8-12(21)9-7-11)23-24-18(25)27-10-15(26)22-14-5-3-4-13(19)16(14)20/h3-9H,2,10H2,1H3,(H,22,26). The lowest BCUT2D eigenvalue weighted by atomic mass is 10.2. The fourth-order valence-corrected chi connectivity index (χ4v) is 3.56. The zero-order valence-electron chi connectivity index (χ0n) is 14.2. The van der Waals surface area contributed by atoms with Crippen LogP contribution in [0.3, 0.4) is 0 Å². The first-order valence-corrected chi connectivity index (χ1v) is 9.79. The quantitative estimate of drug-likeness (QED) is 0.556. The first-order valence-electron chi connectivity index (χ1n) is 8.05. The van der Waals surface area contributed by atoms with Crippen molar-refractivity contribution in [1.29, 1.82) is 0 Å². The predicted molar refractivity (Wildman–Crippen MR) is 107 cm³/mol. The van der Waals surface area contributed by atoms with Gasteiger partial charge in [0.05, 0.1) is 21.5 Å². The van der Waals surface area contributed by atoms with Gasteiger partial charge in [0.25, 0.3) is 0 Å². The summed E-state index contributed by atoms with van der Waals surface area (Å²) in [7, 11) is 0. The topological polar surface area (TPSA) is 59.8 Å². The maximum atomic E-state index is 13.1. The smallest absolute Gasteiger partial charge is 0.234 e. The zero-order valence-corrected chi connectivity index (χ0v) is 16.6. The maximum absolute atomic E-state index is 13.1. The van der Waals surface area contributed by atoms with Gasteiger partial charge in [-0.25, -0.2) is 4.39 Å². The number of nitrogens with one attached hydrogen (secondary N) is 1. The van der Waals surface area contributed by atoms with Crippen molar-refractivity contribution in [3.05, 3.63) is 58.3 Å². The molecule has 1 aromatic heterocycles. The Morgan fingerprint density at radius 1 is 1.19 bits per heavy atom. The second kappa shape index (κ2) is 8.73. The molecule has 0 bridgehead atoms. The molecule has 0 fully saturated rings. The Bertz CT molecular complexity index is 962. The minimum absolute atomic E-state index is 0.129. The van der Waals surface area contributed by atoms with E-state index in [4.69, 9.17) is 23.2 Å². The lowest BCUT2D eigenvalue weighted by Gasteiger charge is -2.09. The highest BCUT2D eigenvalue weighted by Gasteiger charge is 2.15. The van der Waals surface area contributed by atoms with Crippen LogP contribution in [0.5, 0.6) is 0 Å². The largest absolute Gasteiger partial charge is 0.324 e. The van der Waals surface area contributed by atoms with E-state index in [2.05, 4.69) is 15.5 Å². The van der Waals surface area contributed by atoms with Crippen molar-refractivity contribution in [2.45, 2.75) is 18.6 Å². The fraction of sp³-hybridized carbons (Fsp3) is 0.167. The summed E-state index contributed by atoms with van der Waals surface area (Å²) in [6.45, 7) is 2.57. The molecule has 140 valence electrons. The normalized spacial score (nSPS) is 10.8. The summed E-state index contributed by atoms with van der Waals surface area (Å²) in [5.74, 6) is 0.202. The molecule has 0 aliphatic rings. The minimum atomic E-state index is -0.313. The summed E-state index contributed by atoms with van der Waals surface area (Å²) in [4.78, 5) is 12.2. The molecule has 0 saturated heterocycles. The van der Waals surface area contributed by atoms with E-state index in [9.17, 15) is 9.18 Å². The molecule has 3 rings (SSSR count). The molecule has 1 amide bonds. The van der Waals surface area contributed by atoms with Crippen molar-refractivity contribution in [3.8, 4) is 11.4 Å². The number of carbonyl (C=O) groups is 1. The second-order valence-corrected chi connectivity index (χ2v) is 7.22. The lowest BCUT2D eigenvalue weighted by Crippen LogP contribution is -2.15. The molecule has 1 heterocycles. The number of amides is 1. The van der Waals surface area contributed by atoms with Gasteiger partial charge in [0, 0.05) is 12.1 Å². The highest BCUT2D eigenvalue weighted by atomic mass is 35.5. The van der Waals surface area contributed by atoms with Gasteiger partial charge in [-0.1, -0.05) is 41.0 Å². The van der Waals surface area contributed by atoms with Gasteiger partial charge >= 0.3 is 0 Å². The van der Waals surface area contributed by atoms with Gasteiger partial charge < -0.3 is 9.88 Å². The Morgan fingerprint density at radius 2 is 1.93 bits per heavy atom. The van der Waals surface area contributed by atoms with Crippen LogP contribution in [0, 0.1) is 5.82 Å². The van der Waals surface area contributed by atoms with Crippen molar-refractivity contribution in [2.24, 2.45) is 0 Å². The van der Waals surface area contributed by atoms with E-state index < -0.39 is 0 Å². The summed E-state index contributed by atoms with van der Waals surface area (Å²) in [5.41, 5.74) is 1.21. The van der Waals surface area contributed by atoms with Crippen LogP contribution in [0.1, 0.15) is 6.92 Å². The number of aromatic nitrogens is 3. The van der Waals surface area contributed by atoms with Crippen molar-refractivity contribution in [1.82, 2.24) is 14.8 Å². The number of benzene rings is 2. The van der Waals surface area contributed by atoms with Crippen LogP contribution in [0.4, 0.5) is 10.1 Å². The summed E-state index contributed by atoms with van der Waals surface area (Å²) in [6.07, 6.45) is 0. The Hall–Kier alpha value is -2.09. The van der Waals surface area contributed by atoms with Gasteiger partial charge in [-0.2, -0.15) is 0 Å². The fourth-order valence-electron chi connectivity index (χ4n) is 2.41. The zero-order chi connectivity index (χ0) is 19.4. The molecule has 0 spiro atoms. The Labute approximate surface area is 169 Å². The van der Waals surface area contributed by atoms with E-state index in [0.29, 0.717) is 33.3 Å². The highest BCUT2D eigenvalue weighted by Crippen LogP contribution is 2.30. The molecular weight excluding hydrogens is 410 g/mol. The summed E-state index contributed by atoms with van der Waals surface area (Å²) < 4.78 is 15.0. The minimum Gasteiger partial charge on any atom is -0.324 e. The van der Waals surface area contributed by atoms with Crippen molar-refractivity contribution < 1.29 is 9.18 Å². The van der Waals surface area contributed by atoms with Crippen LogP contribution in [-0.4, -0.2) is 26.4 Å². The summed E-state index contributed by atoms with van der Waals surface area (Å²) >= 11 is 13.3. The maximum Gasteiger partial charge on any atom is 0.234 e. The van der Waals surface area contributed by atoms with E-state index in [0.717, 1.165) is 5.56 Å². The van der Waals surface area contributed by atoms with Crippen LogP contribution in [0.25, 0.3) is 11.4 Å². The molecule has 0 atom stereocenters. The van der Waals surface area contributed by atoms with Gasteiger partial charge in [0.15, 0.2) is 11.0 Å². The number of rotatable bonds is 6. The number of anilines is 1. The van der Waals surface area contributed by atoms with Crippen LogP contribution >= 0.6 is 35.0 Å². The number of hydrogen-bond acceptors (Lipinski definition) is 4. The molecule has 0 saturated carbocycles. The molecular formula is C18H15Cl2FN4OS. The van der Waals surface area contributed by atoms with E-state index >= 15 is 0 Å². The molecule has 0 aliphatic carbocycles. The second-order valence-electron chi connectivity index (χ2n) is 5.50. The molecule has 5 nitrogen and oxygen atoms in total. The highest BCUT2D eigenvalue weighted by molar-refractivity contribution is 7.99. The molecule has 3 aromatic rings. The molecule has 1 N–H and O–H groups in total. The van der Waals surface area contributed by atoms with E-state index in [-0.39, 0.29) is 17.5 Å². The third kappa shape index (κ3) is 4.61. The van der Waals surface area contributed by atoms with Gasteiger partial charge in [-0.05, 0) is 43.3 Å². The SMILES string of the molecule is CCn1c(SCC(=O)Nc2cccc(Cl)c2Cl)nnc1-c1ccc(F)cc1. The average molecular weight is 425 g/mol. The molecule has 0 unspecified atom stereocenters. The molecule has 0 radical (unpaired) electrons. The summed E-state index contributed by atoms with van der Waals surface area (Å²) in [6, 6.07) is 11.1. The number of hydrogen-bond donors (Lipinski definition) is 1. The predicted octanol–water partition coefficient (Wildman–Crippen LogP) is 5.14. The van der Waals surface area contributed by atoms with Crippen LogP contribution in [0.2, 0.25) is 10.0 Å². The number of thioether (sulfide) groups is 1. The number of halogens is 3. The van der Waals surface area contributed by atoms with Gasteiger partial charge in [-0.15, -0.1) is 10.2 Å². The summed E-state index contributed by atoms with van der Waals surface area (Å²) in [5, 5.41) is 12.3. The third-order valence-corrected chi connectivity index (χ3v) is 5.48.